The largest absolute Gasteiger partial charge is 0.379 e. The number of rotatable bonds is 8. The van der Waals surface area contributed by atoms with Crippen molar-refractivity contribution in [2.24, 2.45) is 0 Å². The molecule has 0 saturated heterocycles. The zero-order valence-corrected chi connectivity index (χ0v) is 10.9. The van der Waals surface area contributed by atoms with Gasteiger partial charge < -0.3 is 5.11 Å². The van der Waals surface area contributed by atoms with E-state index in [4.69, 9.17) is 4.55 Å². The molecule has 3 N–H and O–H groups in total. The fraction of sp³-hybridized carbons (Fsp3) is 0.500. The molecule has 102 valence electrons. The van der Waals surface area contributed by atoms with E-state index < -0.39 is 16.3 Å². The predicted molar refractivity (Wildman–Crippen MR) is 69.8 cm³/mol. The zero-order chi connectivity index (χ0) is 13.4. The standard InChI is InChI=1S/C12H19NO4S/c14-12(13-9-4-10-18(15,16)17)8-7-11-5-2-1-3-6-11/h1-3,5-6,12-14H,4,7-10H2,(H,15,16,17)/t12-/m1/s1. The first kappa shape index (κ1) is 15.1. The minimum absolute atomic E-state index is 0.279. The third-order valence-electron chi connectivity index (χ3n) is 2.51. The van der Waals surface area contributed by atoms with Gasteiger partial charge in [0.1, 0.15) is 6.23 Å². The van der Waals surface area contributed by atoms with Crippen molar-refractivity contribution in [1.29, 1.82) is 0 Å². The van der Waals surface area contributed by atoms with Crippen molar-refractivity contribution in [2.45, 2.75) is 25.5 Å². The summed E-state index contributed by atoms with van der Waals surface area (Å²) >= 11 is 0. The van der Waals surface area contributed by atoms with Crippen molar-refractivity contribution >= 4 is 10.1 Å². The Balaban J connectivity index is 2.13. The maximum Gasteiger partial charge on any atom is 0.264 e. The second-order valence-corrected chi connectivity index (χ2v) is 5.71. The molecule has 0 radical (unpaired) electrons. The minimum Gasteiger partial charge on any atom is -0.379 e. The van der Waals surface area contributed by atoms with Gasteiger partial charge in [-0.25, -0.2) is 0 Å². The van der Waals surface area contributed by atoms with Crippen molar-refractivity contribution in [3.8, 4) is 0 Å². The Kier molecular flexibility index (Phi) is 6.28. The van der Waals surface area contributed by atoms with Crippen LogP contribution >= 0.6 is 0 Å². The highest BCUT2D eigenvalue weighted by Gasteiger charge is 2.06. The second kappa shape index (κ2) is 7.48. The number of aliphatic hydroxyl groups is 1. The first-order valence-electron chi connectivity index (χ1n) is 5.88. The smallest absolute Gasteiger partial charge is 0.264 e. The Labute approximate surface area is 108 Å². The van der Waals surface area contributed by atoms with E-state index >= 15 is 0 Å². The van der Waals surface area contributed by atoms with Crippen molar-refractivity contribution in [1.82, 2.24) is 5.32 Å². The number of nitrogens with one attached hydrogen (secondary N) is 1. The Morgan fingerprint density at radius 1 is 1.22 bits per heavy atom. The van der Waals surface area contributed by atoms with E-state index in [1.165, 1.54) is 0 Å². The molecule has 0 bridgehead atoms. The van der Waals surface area contributed by atoms with E-state index in [0.717, 1.165) is 12.0 Å². The molecule has 1 aromatic carbocycles. The van der Waals surface area contributed by atoms with Gasteiger partial charge >= 0.3 is 0 Å². The van der Waals surface area contributed by atoms with Crippen molar-refractivity contribution < 1.29 is 18.1 Å². The summed E-state index contributed by atoms with van der Waals surface area (Å²) in [6.45, 7) is 0.357. The van der Waals surface area contributed by atoms with Gasteiger partial charge in [-0.15, -0.1) is 0 Å². The van der Waals surface area contributed by atoms with Gasteiger partial charge in [-0.2, -0.15) is 8.42 Å². The van der Waals surface area contributed by atoms with Crippen LogP contribution in [0.15, 0.2) is 30.3 Å². The lowest BCUT2D eigenvalue weighted by Gasteiger charge is -2.12. The molecule has 0 heterocycles. The van der Waals surface area contributed by atoms with E-state index in [0.29, 0.717) is 13.0 Å². The maximum absolute atomic E-state index is 10.5. The Bertz CT molecular complexity index is 433. The van der Waals surface area contributed by atoms with E-state index in [1.54, 1.807) is 0 Å². The molecule has 0 aromatic heterocycles. The summed E-state index contributed by atoms with van der Waals surface area (Å²) in [5.74, 6) is -0.286. The first-order chi connectivity index (χ1) is 8.47. The average Bonchev–Trinajstić information content (AvgIpc) is 2.32. The topological polar surface area (TPSA) is 86.6 Å². The predicted octanol–water partition coefficient (Wildman–Crippen LogP) is 0.805. The molecule has 5 nitrogen and oxygen atoms in total. The molecule has 0 aliphatic heterocycles. The Morgan fingerprint density at radius 2 is 1.89 bits per heavy atom. The number of aliphatic hydroxyl groups excluding tert-OH is 1. The van der Waals surface area contributed by atoms with Crippen LogP contribution in [0, 0.1) is 0 Å². The van der Waals surface area contributed by atoms with Gasteiger partial charge in [-0.05, 0) is 31.4 Å². The molecular weight excluding hydrogens is 254 g/mol. The highest BCUT2D eigenvalue weighted by atomic mass is 32.2. The third kappa shape index (κ3) is 7.39. The van der Waals surface area contributed by atoms with Crippen molar-refractivity contribution in [3.63, 3.8) is 0 Å². The van der Waals surface area contributed by atoms with Crippen LogP contribution in [0.25, 0.3) is 0 Å². The molecule has 0 fully saturated rings. The molecule has 0 amide bonds. The van der Waals surface area contributed by atoms with E-state index in [2.05, 4.69) is 5.32 Å². The summed E-state index contributed by atoms with van der Waals surface area (Å²) in [5.41, 5.74) is 1.15. The summed E-state index contributed by atoms with van der Waals surface area (Å²) < 4.78 is 29.4. The lowest BCUT2D eigenvalue weighted by molar-refractivity contribution is 0.128. The number of aryl methyl sites for hydroxylation is 1. The average molecular weight is 273 g/mol. The van der Waals surface area contributed by atoms with Gasteiger partial charge in [0, 0.05) is 0 Å². The molecular formula is C12H19NO4S. The lowest BCUT2D eigenvalue weighted by atomic mass is 10.1. The number of hydrogen-bond acceptors (Lipinski definition) is 4. The van der Waals surface area contributed by atoms with Gasteiger partial charge in [0.25, 0.3) is 10.1 Å². The third-order valence-corrected chi connectivity index (χ3v) is 3.31. The zero-order valence-electron chi connectivity index (χ0n) is 10.1. The number of benzene rings is 1. The molecule has 0 spiro atoms. The fourth-order valence-corrected chi connectivity index (χ4v) is 2.08. The Hall–Kier alpha value is -0.950. The molecule has 1 aromatic rings. The van der Waals surface area contributed by atoms with Crippen LogP contribution in [0.4, 0.5) is 0 Å². The second-order valence-electron chi connectivity index (χ2n) is 4.13. The molecule has 0 aliphatic carbocycles. The SMILES string of the molecule is O=S(=O)(O)CCCN[C@H](O)CCc1ccccc1. The van der Waals surface area contributed by atoms with Crippen LogP contribution in [-0.4, -0.2) is 36.6 Å². The summed E-state index contributed by atoms with van der Waals surface area (Å²) in [5, 5.41) is 12.4. The van der Waals surface area contributed by atoms with Crippen LogP contribution in [-0.2, 0) is 16.5 Å². The van der Waals surface area contributed by atoms with Crippen molar-refractivity contribution in [3.05, 3.63) is 35.9 Å². The molecule has 6 heteroatoms. The summed E-state index contributed by atoms with van der Waals surface area (Å²) in [6.07, 6.45) is 0.941. The number of hydrogen-bond donors (Lipinski definition) is 3. The van der Waals surface area contributed by atoms with Crippen LogP contribution in [0.5, 0.6) is 0 Å². The lowest BCUT2D eigenvalue weighted by Crippen LogP contribution is -2.31. The van der Waals surface area contributed by atoms with Crippen molar-refractivity contribution in [2.75, 3.05) is 12.3 Å². The van der Waals surface area contributed by atoms with Crippen LogP contribution in [0.1, 0.15) is 18.4 Å². The highest BCUT2D eigenvalue weighted by molar-refractivity contribution is 7.85. The van der Waals surface area contributed by atoms with E-state index in [1.807, 2.05) is 30.3 Å². The summed E-state index contributed by atoms with van der Waals surface area (Å²) in [7, 11) is -3.90. The molecule has 0 aliphatic rings. The van der Waals surface area contributed by atoms with Gasteiger partial charge in [0.15, 0.2) is 0 Å². The fourth-order valence-electron chi connectivity index (χ4n) is 1.57. The Morgan fingerprint density at radius 3 is 2.50 bits per heavy atom. The van der Waals surface area contributed by atoms with Crippen LogP contribution in [0.3, 0.4) is 0 Å². The summed E-state index contributed by atoms with van der Waals surface area (Å²) in [6, 6.07) is 9.81. The molecule has 0 saturated carbocycles. The van der Waals surface area contributed by atoms with E-state index in [-0.39, 0.29) is 12.2 Å². The molecule has 18 heavy (non-hydrogen) atoms. The molecule has 1 rings (SSSR count). The van der Waals surface area contributed by atoms with Gasteiger partial charge in [0.2, 0.25) is 0 Å². The molecule has 0 unspecified atom stereocenters. The first-order valence-corrected chi connectivity index (χ1v) is 7.49. The van der Waals surface area contributed by atoms with Crippen LogP contribution < -0.4 is 5.32 Å². The highest BCUT2D eigenvalue weighted by Crippen LogP contribution is 2.03. The quantitative estimate of drug-likeness (QED) is 0.370. The van der Waals surface area contributed by atoms with Gasteiger partial charge in [0.05, 0.1) is 5.75 Å². The normalized spacial score (nSPS) is 13.4. The van der Waals surface area contributed by atoms with Crippen LogP contribution in [0.2, 0.25) is 0 Å². The van der Waals surface area contributed by atoms with Gasteiger partial charge in [-0.3, -0.25) is 9.87 Å². The minimum atomic E-state index is -3.90. The summed E-state index contributed by atoms with van der Waals surface area (Å²) in [4.78, 5) is 0. The van der Waals surface area contributed by atoms with Gasteiger partial charge in [-0.1, -0.05) is 30.3 Å². The maximum atomic E-state index is 10.5. The monoisotopic (exact) mass is 273 g/mol. The molecule has 1 atom stereocenters. The van der Waals surface area contributed by atoms with E-state index in [9.17, 15) is 13.5 Å².